The highest BCUT2D eigenvalue weighted by Crippen LogP contribution is 2.12. The van der Waals surface area contributed by atoms with Gasteiger partial charge in [-0.1, -0.05) is 6.92 Å². The van der Waals surface area contributed by atoms with Gasteiger partial charge in [-0.25, -0.2) is 4.98 Å². The number of nitrogens with one attached hydrogen (secondary N) is 1. The van der Waals surface area contributed by atoms with Gasteiger partial charge in [0.1, 0.15) is 4.70 Å². The molecule has 1 N–H and O–H groups in total. The summed E-state index contributed by atoms with van der Waals surface area (Å²) in [6.45, 7) is 4.86. The van der Waals surface area contributed by atoms with Gasteiger partial charge >= 0.3 is 0 Å². The number of thiophene rings is 1. The van der Waals surface area contributed by atoms with Gasteiger partial charge in [0.2, 0.25) is 0 Å². The number of aryl methyl sites for hydroxylation is 1. The van der Waals surface area contributed by atoms with E-state index in [-0.39, 0.29) is 5.56 Å². The fourth-order valence-corrected chi connectivity index (χ4v) is 2.51. The molecule has 2 heterocycles. The molecule has 0 aromatic carbocycles. The number of fused-ring (bicyclic) bond motifs is 1. The van der Waals surface area contributed by atoms with Crippen LogP contribution < -0.4 is 10.9 Å². The second kappa shape index (κ2) is 5.93. The van der Waals surface area contributed by atoms with Gasteiger partial charge in [-0.3, -0.25) is 9.36 Å². The van der Waals surface area contributed by atoms with E-state index in [1.807, 2.05) is 11.4 Å². The lowest BCUT2D eigenvalue weighted by molar-refractivity contribution is 0.566. The van der Waals surface area contributed by atoms with Crippen LogP contribution in [0, 0.1) is 0 Å². The molecule has 0 fully saturated rings. The lowest BCUT2D eigenvalue weighted by atomic mass is 10.4. The number of aromatic nitrogens is 2. The molecular formula is C12H17N3OS. The van der Waals surface area contributed by atoms with Gasteiger partial charge in [-0.05, 0) is 37.4 Å². The Morgan fingerprint density at radius 3 is 3.18 bits per heavy atom. The van der Waals surface area contributed by atoms with E-state index >= 15 is 0 Å². The Labute approximate surface area is 104 Å². The Hall–Kier alpha value is -1.20. The van der Waals surface area contributed by atoms with Crippen molar-refractivity contribution in [3.63, 3.8) is 0 Å². The number of hydrogen-bond donors (Lipinski definition) is 1. The molecule has 2 rings (SSSR count). The average molecular weight is 251 g/mol. The maximum Gasteiger partial charge on any atom is 0.271 e. The molecule has 0 aliphatic carbocycles. The van der Waals surface area contributed by atoms with Gasteiger partial charge in [-0.15, -0.1) is 11.3 Å². The molecule has 0 saturated carbocycles. The van der Waals surface area contributed by atoms with E-state index < -0.39 is 0 Å². The van der Waals surface area contributed by atoms with Gasteiger partial charge in [0.25, 0.3) is 5.56 Å². The summed E-state index contributed by atoms with van der Waals surface area (Å²) in [5.74, 6) is 0. The van der Waals surface area contributed by atoms with Gasteiger partial charge in [0.15, 0.2) is 0 Å². The van der Waals surface area contributed by atoms with Crippen LogP contribution in [0.3, 0.4) is 0 Å². The highest BCUT2D eigenvalue weighted by molar-refractivity contribution is 7.17. The molecule has 0 aliphatic heterocycles. The molecule has 17 heavy (non-hydrogen) atoms. The summed E-state index contributed by atoms with van der Waals surface area (Å²) in [6.07, 6.45) is 3.75. The molecule has 2 aromatic heterocycles. The summed E-state index contributed by atoms with van der Waals surface area (Å²) in [5.41, 5.74) is 0.890. The highest BCUT2D eigenvalue weighted by atomic mass is 32.1. The smallest absolute Gasteiger partial charge is 0.271 e. The first-order valence-electron chi connectivity index (χ1n) is 5.96. The van der Waals surface area contributed by atoms with Crippen LogP contribution in [0.5, 0.6) is 0 Å². The fraction of sp³-hybridized carbons (Fsp3) is 0.500. The van der Waals surface area contributed by atoms with Crippen LogP contribution >= 0.6 is 11.3 Å². The average Bonchev–Trinajstić information content (AvgIpc) is 2.80. The van der Waals surface area contributed by atoms with Crippen molar-refractivity contribution < 1.29 is 0 Å². The molecule has 0 amide bonds. The predicted octanol–water partition coefficient (Wildman–Crippen LogP) is 1.85. The minimum absolute atomic E-state index is 0.0838. The summed E-state index contributed by atoms with van der Waals surface area (Å²) in [4.78, 5) is 16.3. The van der Waals surface area contributed by atoms with Crippen molar-refractivity contribution in [3.05, 3.63) is 28.1 Å². The van der Waals surface area contributed by atoms with Crippen molar-refractivity contribution in [3.8, 4) is 0 Å². The van der Waals surface area contributed by atoms with Crippen molar-refractivity contribution in [1.82, 2.24) is 14.9 Å². The third-order valence-electron chi connectivity index (χ3n) is 2.62. The summed E-state index contributed by atoms with van der Waals surface area (Å²) in [5, 5.41) is 5.23. The van der Waals surface area contributed by atoms with Crippen molar-refractivity contribution in [2.24, 2.45) is 0 Å². The van der Waals surface area contributed by atoms with E-state index in [2.05, 4.69) is 17.2 Å². The minimum atomic E-state index is 0.0838. The molecule has 5 heteroatoms. The lowest BCUT2D eigenvalue weighted by Crippen LogP contribution is -2.23. The van der Waals surface area contributed by atoms with Gasteiger partial charge in [-0.2, -0.15) is 0 Å². The van der Waals surface area contributed by atoms with E-state index in [1.54, 1.807) is 10.9 Å². The summed E-state index contributed by atoms with van der Waals surface area (Å²) >= 11 is 1.46. The minimum Gasteiger partial charge on any atom is -0.317 e. The third kappa shape index (κ3) is 2.92. The molecule has 0 saturated heterocycles. The highest BCUT2D eigenvalue weighted by Gasteiger charge is 2.04. The lowest BCUT2D eigenvalue weighted by Gasteiger charge is -2.05. The van der Waals surface area contributed by atoms with Crippen LogP contribution in [-0.4, -0.2) is 22.6 Å². The Bertz CT molecular complexity index is 532. The molecule has 0 bridgehead atoms. The first-order chi connectivity index (χ1) is 8.33. The SMILES string of the molecule is CCCNCCCn1cnc2ccsc2c1=O. The van der Waals surface area contributed by atoms with E-state index in [4.69, 9.17) is 0 Å². The van der Waals surface area contributed by atoms with Crippen LogP contribution in [0.25, 0.3) is 10.2 Å². The molecule has 0 atom stereocenters. The molecule has 0 spiro atoms. The number of nitrogens with zero attached hydrogens (tertiary/aromatic N) is 2. The first-order valence-corrected chi connectivity index (χ1v) is 6.84. The molecule has 0 radical (unpaired) electrons. The van der Waals surface area contributed by atoms with Crippen LogP contribution in [0.15, 0.2) is 22.6 Å². The van der Waals surface area contributed by atoms with Gasteiger partial charge in [0.05, 0.1) is 11.8 Å². The van der Waals surface area contributed by atoms with Crippen molar-refractivity contribution in [1.29, 1.82) is 0 Å². The predicted molar refractivity (Wildman–Crippen MR) is 71.7 cm³/mol. The largest absolute Gasteiger partial charge is 0.317 e. The van der Waals surface area contributed by atoms with Crippen molar-refractivity contribution >= 4 is 21.6 Å². The van der Waals surface area contributed by atoms with Gasteiger partial charge < -0.3 is 5.32 Å². The zero-order chi connectivity index (χ0) is 12.1. The number of rotatable bonds is 6. The molecule has 0 aliphatic rings. The summed E-state index contributed by atoms with van der Waals surface area (Å²) in [7, 11) is 0. The Morgan fingerprint density at radius 2 is 2.35 bits per heavy atom. The first kappa shape index (κ1) is 12.3. The summed E-state index contributed by atoms with van der Waals surface area (Å²) in [6, 6.07) is 1.88. The van der Waals surface area contributed by atoms with Crippen LogP contribution in [0.2, 0.25) is 0 Å². The van der Waals surface area contributed by atoms with Crippen LogP contribution in [-0.2, 0) is 6.54 Å². The second-order valence-corrected chi connectivity index (χ2v) is 4.90. The van der Waals surface area contributed by atoms with Crippen molar-refractivity contribution in [2.75, 3.05) is 13.1 Å². The van der Waals surface area contributed by atoms with Crippen LogP contribution in [0.4, 0.5) is 0 Å². The third-order valence-corrected chi connectivity index (χ3v) is 3.51. The normalized spacial score (nSPS) is 11.1. The molecule has 92 valence electrons. The quantitative estimate of drug-likeness (QED) is 0.797. The second-order valence-electron chi connectivity index (χ2n) is 3.98. The zero-order valence-electron chi connectivity index (χ0n) is 9.98. The zero-order valence-corrected chi connectivity index (χ0v) is 10.8. The van der Waals surface area contributed by atoms with E-state index in [0.29, 0.717) is 0 Å². The molecular weight excluding hydrogens is 234 g/mol. The Morgan fingerprint density at radius 1 is 1.47 bits per heavy atom. The molecule has 2 aromatic rings. The monoisotopic (exact) mass is 251 g/mol. The number of hydrogen-bond acceptors (Lipinski definition) is 4. The van der Waals surface area contributed by atoms with E-state index in [9.17, 15) is 4.79 Å². The van der Waals surface area contributed by atoms with Crippen LogP contribution in [0.1, 0.15) is 19.8 Å². The van der Waals surface area contributed by atoms with Gasteiger partial charge in [0, 0.05) is 6.54 Å². The van der Waals surface area contributed by atoms with Crippen molar-refractivity contribution in [2.45, 2.75) is 26.3 Å². The molecule has 0 unspecified atom stereocenters. The maximum absolute atomic E-state index is 12.0. The summed E-state index contributed by atoms with van der Waals surface area (Å²) < 4.78 is 2.46. The molecule has 4 nitrogen and oxygen atoms in total. The Kier molecular flexibility index (Phi) is 4.28. The fourth-order valence-electron chi connectivity index (χ4n) is 1.71. The standard InChI is InChI=1S/C12H17N3OS/c1-2-5-13-6-3-7-15-9-14-10-4-8-17-11(10)12(15)16/h4,8-9,13H,2-3,5-7H2,1H3. The van der Waals surface area contributed by atoms with E-state index in [0.717, 1.165) is 42.7 Å². The van der Waals surface area contributed by atoms with E-state index in [1.165, 1.54) is 11.3 Å². The Balaban J connectivity index is 1.99. The maximum atomic E-state index is 12.0. The topological polar surface area (TPSA) is 46.9 Å².